The minimum absolute atomic E-state index is 0.686. The molecule has 0 aliphatic heterocycles. The van der Waals surface area contributed by atoms with Crippen LogP contribution in [0.4, 0.5) is 0 Å². The van der Waals surface area contributed by atoms with Gasteiger partial charge in [0.25, 0.3) is 0 Å². The Balaban J connectivity index is 1.95. The molecule has 0 saturated heterocycles. The molecule has 0 atom stereocenters. The van der Waals surface area contributed by atoms with Gasteiger partial charge in [-0.2, -0.15) is 5.10 Å². The van der Waals surface area contributed by atoms with Gasteiger partial charge in [-0.3, -0.25) is 5.43 Å². The molecule has 0 aromatic heterocycles. The van der Waals surface area contributed by atoms with E-state index in [1.807, 2.05) is 86.7 Å². The number of hydrogen-bond donors (Lipinski definition) is 1. The van der Waals surface area contributed by atoms with Crippen LogP contribution in [0, 0.1) is 19.3 Å². The maximum atomic E-state index is 5.72. The van der Waals surface area contributed by atoms with E-state index >= 15 is 0 Å². The molecule has 0 amide bonds. The quantitative estimate of drug-likeness (QED) is 0.165. The maximum absolute atomic E-state index is 5.72. The summed E-state index contributed by atoms with van der Waals surface area (Å²) in [5.41, 5.74) is 12.6. The molecule has 0 aliphatic rings. The van der Waals surface area contributed by atoms with Crippen LogP contribution in [0.3, 0.4) is 0 Å². The van der Waals surface area contributed by atoms with Crippen LogP contribution in [0.15, 0.2) is 115 Å². The Morgan fingerprint density at radius 1 is 0.882 bits per heavy atom. The third-order valence-electron chi connectivity index (χ3n) is 5.63. The van der Waals surface area contributed by atoms with Crippen molar-refractivity contribution in [3.8, 4) is 12.3 Å². The van der Waals surface area contributed by atoms with Crippen LogP contribution in [0.1, 0.15) is 41.7 Å². The number of nitrogens with zero attached hydrogens (tertiary/aromatic N) is 1. The molecule has 34 heavy (non-hydrogen) atoms. The molecule has 3 aromatic rings. The second-order valence-electron chi connectivity index (χ2n) is 7.94. The monoisotopic (exact) mass is 442 g/mol. The normalized spacial score (nSPS) is 12.1. The Labute approximate surface area is 203 Å². The van der Waals surface area contributed by atoms with Gasteiger partial charge in [-0.1, -0.05) is 98.0 Å². The van der Waals surface area contributed by atoms with E-state index in [1.54, 1.807) is 0 Å². The van der Waals surface area contributed by atoms with Gasteiger partial charge in [0.05, 0.1) is 11.4 Å². The van der Waals surface area contributed by atoms with Crippen molar-refractivity contribution in [1.29, 1.82) is 0 Å². The van der Waals surface area contributed by atoms with Crippen molar-refractivity contribution in [3.63, 3.8) is 0 Å². The first-order chi connectivity index (χ1) is 16.5. The summed E-state index contributed by atoms with van der Waals surface area (Å²) in [6.07, 6.45) is 9.80. The molecule has 0 fully saturated rings. The van der Waals surface area contributed by atoms with Gasteiger partial charge in [-0.15, -0.1) is 6.42 Å². The Morgan fingerprint density at radius 2 is 1.50 bits per heavy atom. The summed E-state index contributed by atoms with van der Waals surface area (Å²) >= 11 is 0. The van der Waals surface area contributed by atoms with Gasteiger partial charge in [0, 0.05) is 16.7 Å². The number of allylic oxidation sites excluding steroid dienone is 5. The molecule has 0 aliphatic carbocycles. The Morgan fingerprint density at radius 3 is 2.15 bits per heavy atom. The summed E-state index contributed by atoms with van der Waals surface area (Å²) in [5, 5.41) is 4.66. The van der Waals surface area contributed by atoms with E-state index in [4.69, 9.17) is 6.42 Å². The molecule has 168 valence electrons. The first-order valence-corrected chi connectivity index (χ1v) is 11.2. The van der Waals surface area contributed by atoms with E-state index < -0.39 is 0 Å². The second-order valence-corrected chi connectivity index (χ2v) is 7.94. The first-order valence-electron chi connectivity index (χ1n) is 11.2. The van der Waals surface area contributed by atoms with Crippen LogP contribution < -0.4 is 5.43 Å². The molecular weight excluding hydrogens is 412 g/mol. The van der Waals surface area contributed by atoms with E-state index in [0.717, 1.165) is 50.2 Å². The highest BCUT2D eigenvalue weighted by molar-refractivity contribution is 6.23. The second kappa shape index (κ2) is 11.5. The standard InChI is InChI=1S/C32H30N2/c1-7-27-17-13-15-21-31(27)29(8-2)25(5)33-34-26(6)32(30-20-14-12-16-23(30)3)22-24(4)28-18-10-9-11-19-28/h1,8-22,34H,4,6H2,2-3,5H3/b29-8-,32-22-,33-25-. The van der Waals surface area contributed by atoms with Crippen LogP contribution in [0.25, 0.3) is 16.7 Å². The summed E-state index contributed by atoms with van der Waals surface area (Å²) in [5.74, 6) is 2.76. The fourth-order valence-electron chi connectivity index (χ4n) is 3.79. The number of aryl methyl sites for hydroxylation is 1. The van der Waals surface area contributed by atoms with E-state index in [1.165, 1.54) is 0 Å². The van der Waals surface area contributed by atoms with Crippen LogP contribution in [0.2, 0.25) is 0 Å². The predicted molar refractivity (Wildman–Crippen MR) is 148 cm³/mol. The van der Waals surface area contributed by atoms with Crippen molar-refractivity contribution in [2.75, 3.05) is 0 Å². The summed E-state index contributed by atoms with van der Waals surface area (Å²) < 4.78 is 0. The number of hydrazone groups is 1. The predicted octanol–water partition coefficient (Wildman–Crippen LogP) is 7.66. The van der Waals surface area contributed by atoms with Crippen molar-refractivity contribution >= 4 is 22.4 Å². The summed E-state index contributed by atoms with van der Waals surface area (Å²) in [6, 6.07) is 26.2. The summed E-state index contributed by atoms with van der Waals surface area (Å²) in [7, 11) is 0. The number of rotatable bonds is 8. The van der Waals surface area contributed by atoms with Gasteiger partial charge in [0.15, 0.2) is 0 Å². The number of nitrogens with one attached hydrogen (secondary N) is 1. The average molecular weight is 443 g/mol. The molecule has 2 nitrogen and oxygen atoms in total. The zero-order valence-electron chi connectivity index (χ0n) is 20.1. The maximum Gasteiger partial charge on any atom is 0.0651 e. The number of hydrogen-bond acceptors (Lipinski definition) is 2. The van der Waals surface area contributed by atoms with Crippen molar-refractivity contribution in [2.24, 2.45) is 5.10 Å². The topological polar surface area (TPSA) is 24.4 Å². The lowest BCUT2D eigenvalue weighted by atomic mass is 9.95. The Hall–Kier alpha value is -4.35. The zero-order valence-corrected chi connectivity index (χ0v) is 20.1. The molecule has 0 bridgehead atoms. The lowest BCUT2D eigenvalue weighted by molar-refractivity contribution is 0.928. The lowest BCUT2D eigenvalue weighted by Gasteiger charge is -2.16. The number of terminal acetylenes is 1. The minimum atomic E-state index is 0.686. The van der Waals surface area contributed by atoms with Crippen molar-refractivity contribution in [2.45, 2.75) is 20.8 Å². The summed E-state index contributed by atoms with van der Waals surface area (Å²) in [6.45, 7) is 14.6. The summed E-state index contributed by atoms with van der Waals surface area (Å²) in [4.78, 5) is 0. The molecule has 0 radical (unpaired) electrons. The minimum Gasteiger partial charge on any atom is -0.278 e. The van der Waals surface area contributed by atoms with Gasteiger partial charge in [-0.25, -0.2) is 0 Å². The van der Waals surface area contributed by atoms with E-state index in [0.29, 0.717) is 5.70 Å². The fourth-order valence-corrected chi connectivity index (χ4v) is 3.79. The van der Waals surface area contributed by atoms with Crippen LogP contribution >= 0.6 is 0 Å². The van der Waals surface area contributed by atoms with Crippen molar-refractivity contribution in [3.05, 3.63) is 138 Å². The smallest absolute Gasteiger partial charge is 0.0651 e. The SMILES string of the molecule is C#Cc1ccccc1C(=C\C)/C(C)=N\NC(=C)/C(=C/C(=C)c1ccccc1)c1ccccc1C. The van der Waals surface area contributed by atoms with Gasteiger partial charge in [0.1, 0.15) is 0 Å². The highest BCUT2D eigenvalue weighted by Crippen LogP contribution is 2.28. The Kier molecular flexibility index (Phi) is 8.21. The third kappa shape index (κ3) is 5.71. The van der Waals surface area contributed by atoms with E-state index in [2.05, 4.69) is 54.7 Å². The fraction of sp³-hybridized carbons (Fsp3) is 0.0938. The molecule has 3 aromatic carbocycles. The van der Waals surface area contributed by atoms with Gasteiger partial charge in [-0.05, 0) is 60.7 Å². The third-order valence-corrected chi connectivity index (χ3v) is 5.63. The van der Waals surface area contributed by atoms with Crippen LogP contribution in [0.5, 0.6) is 0 Å². The number of benzene rings is 3. The highest BCUT2D eigenvalue weighted by Gasteiger charge is 2.12. The molecular formula is C32H30N2. The van der Waals surface area contributed by atoms with Crippen LogP contribution in [-0.4, -0.2) is 5.71 Å². The van der Waals surface area contributed by atoms with Gasteiger partial charge in [0.2, 0.25) is 0 Å². The Bertz CT molecular complexity index is 1330. The van der Waals surface area contributed by atoms with E-state index in [-0.39, 0.29) is 0 Å². The van der Waals surface area contributed by atoms with Crippen molar-refractivity contribution in [1.82, 2.24) is 5.43 Å². The van der Waals surface area contributed by atoms with Crippen LogP contribution in [-0.2, 0) is 0 Å². The highest BCUT2D eigenvalue weighted by atomic mass is 15.3. The average Bonchev–Trinajstić information content (AvgIpc) is 2.87. The molecule has 0 saturated carbocycles. The molecule has 1 N–H and O–H groups in total. The van der Waals surface area contributed by atoms with Crippen molar-refractivity contribution < 1.29 is 0 Å². The van der Waals surface area contributed by atoms with Gasteiger partial charge < -0.3 is 0 Å². The first kappa shape index (κ1) is 24.3. The molecule has 3 rings (SSSR count). The van der Waals surface area contributed by atoms with Gasteiger partial charge >= 0.3 is 0 Å². The lowest BCUT2D eigenvalue weighted by Crippen LogP contribution is -2.11. The molecule has 2 heteroatoms. The molecule has 0 heterocycles. The largest absolute Gasteiger partial charge is 0.278 e. The molecule has 0 unspecified atom stereocenters. The van der Waals surface area contributed by atoms with E-state index in [9.17, 15) is 0 Å². The molecule has 0 spiro atoms. The zero-order chi connectivity index (χ0) is 24.5.